The molecule has 5 heteroatoms. The minimum Gasteiger partial charge on any atom is -0.545 e. The Balaban J connectivity index is 1.84. The lowest BCUT2D eigenvalue weighted by molar-refractivity contribution is -0.255. The number of carboxylic acids is 1. The van der Waals surface area contributed by atoms with Gasteiger partial charge in [-0.15, -0.1) is 0 Å². The third-order valence-electron chi connectivity index (χ3n) is 3.33. The molecule has 0 amide bonds. The highest BCUT2D eigenvalue weighted by atomic mass is 79.9. The summed E-state index contributed by atoms with van der Waals surface area (Å²) in [6.45, 7) is 0. The number of rotatable bonds is 4. The van der Waals surface area contributed by atoms with Gasteiger partial charge in [0.05, 0.1) is 23.6 Å². The Labute approximate surface area is 141 Å². The van der Waals surface area contributed by atoms with Gasteiger partial charge >= 0.3 is 0 Å². The second-order valence-electron chi connectivity index (χ2n) is 4.87. The van der Waals surface area contributed by atoms with E-state index in [0.29, 0.717) is 5.69 Å². The van der Waals surface area contributed by atoms with Crippen molar-refractivity contribution in [1.29, 1.82) is 0 Å². The number of nitrogens with zero attached hydrogens (tertiary/aromatic N) is 2. The Hall–Kier alpha value is -2.66. The van der Waals surface area contributed by atoms with Crippen molar-refractivity contribution < 1.29 is 9.90 Å². The standard InChI is InChI=1S/C18H13BrN2O2/c19-14-5-9-16(10-6-14)21-11-1-2-17(21)12-20-15-7-3-13(4-8-15)18(22)23/h1-12H,(H,22,23)/p-1. The number of hydrogen-bond acceptors (Lipinski definition) is 3. The molecule has 0 spiro atoms. The molecule has 0 aliphatic carbocycles. The number of aromatic carboxylic acids is 1. The zero-order valence-electron chi connectivity index (χ0n) is 12.0. The van der Waals surface area contributed by atoms with Gasteiger partial charge in [0.15, 0.2) is 0 Å². The molecule has 1 aromatic heterocycles. The number of halogens is 1. The van der Waals surface area contributed by atoms with Gasteiger partial charge in [-0.2, -0.15) is 0 Å². The van der Waals surface area contributed by atoms with E-state index in [1.165, 1.54) is 12.1 Å². The van der Waals surface area contributed by atoms with E-state index in [1.54, 1.807) is 18.3 Å². The predicted octanol–water partition coefficient (Wildman–Crippen LogP) is 3.35. The molecule has 0 bridgehead atoms. The molecule has 0 radical (unpaired) electrons. The summed E-state index contributed by atoms with van der Waals surface area (Å²) in [6, 6.07) is 18.1. The third kappa shape index (κ3) is 3.57. The zero-order chi connectivity index (χ0) is 16.2. The van der Waals surface area contributed by atoms with Crippen LogP contribution in [0.15, 0.2) is 76.3 Å². The molecule has 3 rings (SSSR count). The smallest absolute Gasteiger partial charge is 0.0715 e. The second-order valence-corrected chi connectivity index (χ2v) is 5.79. The number of aromatic nitrogens is 1. The van der Waals surface area contributed by atoms with E-state index in [4.69, 9.17) is 0 Å². The fraction of sp³-hybridized carbons (Fsp3) is 0. The Bertz CT molecular complexity index is 849. The van der Waals surface area contributed by atoms with Crippen LogP contribution in [0, 0.1) is 0 Å². The maximum absolute atomic E-state index is 10.7. The van der Waals surface area contributed by atoms with Gasteiger partial charge in [-0.1, -0.05) is 28.1 Å². The van der Waals surface area contributed by atoms with Crippen molar-refractivity contribution in [2.24, 2.45) is 4.99 Å². The van der Waals surface area contributed by atoms with Crippen LogP contribution in [0.25, 0.3) is 5.69 Å². The van der Waals surface area contributed by atoms with E-state index < -0.39 is 5.97 Å². The molecule has 0 aliphatic rings. The molecule has 0 saturated carbocycles. The first kappa shape index (κ1) is 15.2. The molecule has 0 fully saturated rings. The van der Waals surface area contributed by atoms with E-state index in [9.17, 15) is 9.90 Å². The quantitative estimate of drug-likeness (QED) is 0.663. The summed E-state index contributed by atoms with van der Waals surface area (Å²) in [5, 5.41) is 10.7. The largest absolute Gasteiger partial charge is 0.545 e. The van der Waals surface area contributed by atoms with Crippen molar-refractivity contribution in [1.82, 2.24) is 4.57 Å². The summed E-state index contributed by atoms with van der Waals surface area (Å²) in [6.07, 6.45) is 3.71. The predicted molar refractivity (Wildman–Crippen MR) is 91.5 cm³/mol. The summed E-state index contributed by atoms with van der Waals surface area (Å²) >= 11 is 3.42. The van der Waals surface area contributed by atoms with Crippen molar-refractivity contribution in [3.8, 4) is 5.69 Å². The summed E-state index contributed by atoms with van der Waals surface area (Å²) < 4.78 is 3.04. The Kier molecular flexibility index (Phi) is 4.39. The zero-order valence-corrected chi connectivity index (χ0v) is 13.6. The summed E-state index contributed by atoms with van der Waals surface area (Å²) in [4.78, 5) is 15.1. The first-order valence-electron chi connectivity index (χ1n) is 6.92. The van der Waals surface area contributed by atoms with Crippen LogP contribution in [-0.2, 0) is 0 Å². The van der Waals surface area contributed by atoms with E-state index in [0.717, 1.165) is 15.9 Å². The normalized spacial score (nSPS) is 11.0. The first-order chi connectivity index (χ1) is 11.1. The number of aliphatic imine (C=N–C) groups is 1. The lowest BCUT2D eigenvalue weighted by Crippen LogP contribution is -2.21. The summed E-state index contributed by atoms with van der Waals surface area (Å²) in [5.74, 6) is -1.19. The van der Waals surface area contributed by atoms with Crippen LogP contribution in [0.2, 0.25) is 0 Å². The molecule has 2 aromatic carbocycles. The fourth-order valence-electron chi connectivity index (χ4n) is 2.16. The molecule has 0 unspecified atom stereocenters. The fourth-order valence-corrected chi connectivity index (χ4v) is 2.42. The molecule has 0 aliphatic heterocycles. The molecule has 1 heterocycles. The SMILES string of the molecule is O=C([O-])c1ccc(N=Cc2cccn2-c2ccc(Br)cc2)cc1. The van der Waals surface area contributed by atoms with Gasteiger partial charge in [0.25, 0.3) is 0 Å². The van der Waals surface area contributed by atoms with E-state index in [-0.39, 0.29) is 5.56 Å². The van der Waals surface area contributed by atoms with Crippen LogP contribution in [0.3, 0.4) is 0 Å². The van der Waals surface area contributed by atoms with Crippen LogP contribution < -0.4 is 5.11 Å². The molecular formula is C18H12BrN2O2-. The number of carbonyl (C=O) groups excluding carboxylic acids is 1. The molecule has 4 nitrogen and oxygen atoms in total. The molecule has 0 saturated heterocycles. The minimum atomic E-state index is -1.19. The Morgan fingerprint density at radius 2 is 1.74 bits per heavy atom. The van der Waals surface area contributed by atoms with Gasteiger partial charge in [-0.25, -0.2) is 0 Å². The van der Waals surface area contributed by atoms with Crippen LogP contribution in [0.1, 0.15) is 16.1 Å². The number of hydrogen-bond donors (Lipinski definition) is 0. The summed E-state index contributed by atoms with van der Waals surface area (Å²) in [7, 11) is 0. The molecule has 3 aromatic rings. The minimum absolute atomic E-state index is 0.141. The lowest BCUT2D eigenvalue weighted by atomic mass is 10.2. The van der Waals surface area contributed by atoms with Gasteiger partial charge in [-0.3, -0.25) is 4.99 Å². The average Bonchev–Trinajstić information content (AvgIpc) is 3.02. The van der Waals surface area contributed by atoms with Crippen molar-refractivity contribution in [2.75, 3.05) is 0 Å². The number of benzene rings is 2. The van der Waals surface area contributed by atoms with Crippen LogP contribution in [0.4, 0.5) is 5.69 Å². The maximum Gasteiger partial charge on any atom is 0.0715 e. The third-order valence-corrected chi connectivity index (χ3v) is 3.86. The number of carbonyl (C=O) groups is 1. The van der Waals surface area contributed by atoms with E-state index in [2.05, 4.69) is 20.9 Å². The molecule has 0 atom stereocenters. The van der Waals surface area contributed by atoms with Crippen molar-refractivity contribution in [3.63, 3.8) is 0 Å². The monoisotopic (exact) mass is 367 g/mol. The molecule has 23 heavy (non-hydrogen) atoms. The lowest BCUT2D eigenvalue weighted by Gasteiger charge is -2.06. The van der Waals surface area contributed by atoms with Crippen molar-refractivity contribution >= 4 is 33.8 Å². The Morgan fingerprint density at radius 3 is 2.39 bits per heavy atom. The van der Waals surface area contributed by atoms with Crippen molar-refractivity contribution in [2.45, 2.75) is 0 Å². The van der Waals surface area contributed by atoms with Gasteiger partial charge in [-0.05, 0) is 54.1 Å². The average molecular weight is 368 g/mol. The maximum atomic E-state index is 10.7. The highest BCUT2D eigenvalue weighted by molar-refractivity contribution is 9.10. The Morgan fingerprint density at radius 1 is 1.04 bits per heavy atom. The molecular weight excluding hydrogens is 356 g/mol. The highest BCUT2D eigenvalue weighted by Gasteiger charge is 2.01. The van der Waals surface area contributed by atoms with Gasteiger partial charge in [0.2, 0.25) is 0 Å². The summed E-state index contributed by atoms with van der Waals surface area (Å²) in [5.41, 5.74) is 2.78. The van der Waals surface area contributed by atoms with Crippen LogP contribution in [0.5, 0.6) is 0 Å². The first-order valence-corrected chi connectivity index (χ1v) is 7.71. The van der Waals surface area contributed by atoms with Crippen LogP contribution in [-0.4, -0.2) is 16.8 Å². The molecule has 114 valence electrons. The highest BCUT2D eigenvalue weighted by Crippen LogP contribution is 2.17. The molecule has 0 N–H and O–H groups in total. The van der Waals surface area contributed by atoms with E-state index >= 15 is 0 Å². The number of carboxylic acid groups (broad SMARTS) is 1. The van der Waals surface area contributed by atoms with Gasteiger partial charge in [0, 0.05) is 16.4 Å². The van der Waals surface area contributed by atoms with Crippen molar-refractivity contribution in [3.05, 3.63) is 82.6 Å². The van der Waals surface area contributed by atoms with Crippen LogP contribution >= 0.6 is 15.9 Å². The topological polar surface area (TPSA) is 57.4 Å². The van der Waals surface area contributed by atoms with Gasteiger partial charge < -0.3 is 14.5 Å². The van der Waals surface area contributed by atoms with E-state index in [1.807, 2.05) is 47.2 Å². The van der Waals surface area contributed by atoms with Gasteiger partial charge in [0.1, 0.15) is 0 Å². The second kappa shape index (κ2) is 6.62.